The molecule has 8 nitrogen and oxygen atoms in total. The molecule has 172 valence electrons. The largest absolute Gasteiger partial charge is 0.458 e. The molecule has 3 unspecified atom stereocenters. The Balaban J connectivity index is 1.87. The summed E-state index contributed by atoms with van der Waals surface area (Å²) < 4.78 is 24.3. The molecule has 1 amide bonds. The maximum absolute atomic E-state index is 12.1. The molecule has 1 aliphatic carbocycles. The number of nitrogens with one attached hydrogen (secondary N) is 1. The van der Waals surface area contributed by atoms with Gasteiger partial charge in [0.05, 0.1) is 6.10 Å². The van der Waals surface area contributed by atoms with Gasteiger partial charge in [-0.05, 0) is 77.3 Å². The SMILES string of the molecule is C=C(C)C(=O)NCC(=O)OC1CC(CC[Si]2(C)O[Si](C)(C)O[Si](C)(C)O2)CCC1O. The molecular weight excluding hydrogens is 438 g/mol. The van der Waals surface area contributed by atoms with Crippen LogP contribution >= 0.6 is 0 Å². The van der Waals surface area contributed by atoms with Gasteiger partial charge in [-0.15, -0.1) is 0 Å². The van der Waals surface area contributed by atoms with E-state index in [1.165, 1.54) is 0 Å². The summed E-state index contributed by atoms with van der Waals surface area (Å²) in [4.78, 5) is 23.6. The highest BCUT2D eigenvalue weighted by Crippen LogP contribution is 2.37. The summed E-state index contributed by atoms with van der Waals surface area (Å²) in [7, 11) is -6.67. The Hall–Kier alpha value is -0.829. The first-order valence-corrected chi connectivity index (χ1v) is 18.8. The molecule has 11 heteroatoms. The van der Waals surface area contributed by atoms with Gasteiger partial charge in [0.15, 0.2) is 0 Å². The van der Waals surface area contributed by atoms with E-state index in [2.05, 4.69) is 44.6 Å². The van der Waals surface area contributed by atoms with Crippen LogP contribution in [0.25, 0.3) is 0 Å². The van der Waals surface area contributed by atoms with Crippen molar-refractivity contribution in [3.8, 4) is 0 Å². The third kappa shape index (κ3) is 7.70. The molecule has 1 saturated carbocycles. The fourth-order valence-electron chi connectivity index (χ4n) is 4.36. The molecule has 2 N–H and O–H groups in total. The first kappa shape index (κ1) is 25.4. The number of hydrogen-bond acceptors (Lipinski definition) is 7. The molecule has 3 atom stereocenters. The van der Waals surface area contributed by atoms with E-state index in [1.54, 1.807) is 6.92 Å². The van der Waals surface area contributed by atoms with Crippen molar-refractivity contribution in [3.05, 3.63) is 12.2 Å². The normalized spacial score (nSPS) is 29.6. The van der Waals surface area contributed by atoms with Gasteiger partial charge in [0.1, 0.15) is 12.6 Å². The van der Waals surface area contributed by atoms with Crippen molar-refractivity contribution >= 4 is 37.6 Å². The van der Waals surface area contributed by atoms with E-state index in [0.717, 1.165) is 18.9 Å². The predicted molar refractivity (Wildman–Crippen MR) is 120 cm³/mol. The van der Waals surface area contributed by atoms with Crippen LogP contribution in [0.3, 0.4) is 0 Å². The standard InChI is InChI=1S/C19H37NO7Si3/c1-14(2)19(23)20-13-18(22)24-17-12-15(8-9-16(17)21)10-11-30(7)26-28(3,4)25-29(5,6)27-30/h15-17,21H,1,8-13H2,2-7H3,(H,20,23). The number of hydrogen-bond donors (Lipinski definition) is 2. The van der Waals surface area contributed by atoms with Gasteiger partial charge in [0, 0.05) is 5.57 Å². The topological polar surface area (TPSA) is 103 Å². The van der Waals surface area contributed by atoms with Crippen LogP contribution < -0.4 is 5.32 Å². The smallest absolute Gasteiger partial charge is 0.325 e. The molecule has 0 spiro atoms. The summed E-state index contributed by atoms with van der Waals surface area (Å²) in [6, 6.07) is 0.860. The first-order chi connectivity index (χ1) is 13.7. The molecular formula is C19H37NO7Si3. The summed E-state index contributed by atoms with van der Waals surface area (Å²) in [6.45, 7) is 15.3. The third-order valence-electron chi connectivity index (χ3n) is 5.35. The molecule has 0 radical (unpaired) electrons. The lowest BCUT2D eigenvalue weighted by atomic mass is 9.84. The maximum atomic E-state index is 12.1. The summed E-state index contributed by atoms with van der Waals surface area (Å²) >= 11 is 0. The van der Waals surface area contributed by atoms with Crippen molar-refractivity contribution in [1.82, 2.24) is 5.32 Å². The molecule has 0 bridgehead atoms. The van der Waals surface area contributed by atoms with Crippen LogP contribution in [0.15, 0.2) is 12.2 Å². The molecule has 1 saturated heterocycles. The van der Waals surface area contributed by atoms with Crippen molar-refractivity contribution < 1.29 is 31.8 Å². The minimum atomic E-state index is -2.33. The number of carbonyl (C=O) groups is 2. The summed E-state index contributed by atoms with van der Waals surface area (Å²) in [5.74, 6) is -0.612. The average molecular weight is 476 g/mol. The lowest BCUT2D eigenvalue weighted by Crippen LogP contribution is -2.65. The Kier molecular flexibility index (Phi) is 8.27. The Bertz CT molecular complexity index is 655. The minimum absolute atomic E-state index is 0.230. The van der Waals surface area contributed by atoms with E-state index in [1.807, 2.05) is 0 Å². The Morgan fingerprint density at radius 3 is 2.27 bits per heavy atom. The number of rotatable bonds is 7. The molecule has 0 aromatic carbocycles. The number of esters is 1. The van der Waals surface area contributed by atoms with Crippen LogP contribution in [-0.4, -0.2) is 61.4 Å². The van der Waals surface area contributed by atoms with Gasteiger partial charge < -0.3 is 27.5 Å². The first-order valence-electron chi connectivity index (χ1n) is 10.6. The van der Waals surface area contributed by atoms with Crippen LogP contribution in [0, 0.1) is 5.92 Å². The molecule has 1 heterocycles. The summed E-state index contributed by atoms with van der Waals surface area (Å²) in [5.41, 5.74) is 0.327. The van der Waals surface area contributed by atoms with Crippen LogP contribution in [-0.2, 0) is 26.7 Å². The van der Waals surface area contributed by atoms with Crippen LogP contribution in [0.5, 0.6) is 0 Å². The molecule has 0 aromatic rings. The number of aliphatic hydroxyl groups excluding tert-OH is 1. The zero-order valence-electron chi connectivity index (χ0n) is 19.1. The summed E-state index contributed by atoms with van der Waals surface area (Å²) in [6.07, 6.45) is 1.74. The van der Waals surface area contributed by atoms with Gasteiger partial charge in [0.2, 0.25) is 5.91 Å². The fraction of sp³-hybridized carbons (Fsp3) is 0.789. The van der Waals surface area contributed by atoms with Crippen LogP contribution in [0.2, 0.25) is 38.8 Å². The summed E-state index contributed by atoms with van der Waals surface area (Å²) in [5, 5.41) is 12.7. The van der Waals surface area contributed by atoms with Crippen molar-refractivity contribution in [2.45, 2.75) is 83.6 Å². The van der Waals surface area contributed by atoms with Gasteiger partial charge in [-0.2, -0.15) is 0 Å². The highest BCUT2D eigenvalue weighted by molar-refractivity contribution is 6.92. The highest BCUT2D eigenvalue weighted by Gasteiger charge is 2.52. The zero-order chi connectivity index (χ0) is 22.7. The van der Waals surface area contributed by atoms with Crippen molar-refractivity contribution in [2.75, 3.05) is 6.54 Å². The molecule has 30 heavy (non-hydrogen) atoms. The lowest BCUT2D eigenvalue weighted by Gasteiger charge is -2.48. The average Bonchev–Trinajstić information content (AvgIpc) is 2.57. The van der Waals surface area contributed by atoms with Crippen LogP contribution in [0.4, 0.5) is 0 Å². The molecule has 2 aliphatic rings. The van der Waals surface area contributed by atoms with Crippen LogP contribution in [0.1, 0.15) is 32.6 Å². The maximum Gasteiger partial charge on any atom is 0.325 e. The van der Waals surface area contributed by atoms with Crippen molar-refractivity contribution in [3.63, 3.8) is 0 Å². The van der Waals surface area contributed by atoms with Gasteiger partial charge in [-0.25, -0.2) is 0 Å². The minimum Gasteiger partial charge on any atom is -0.458 e. The van der Waals surface area contributed by atoms with E-state index in [0.29, 0.717) is 24.3 Å². The lowest BCUT2D eigenvalue weighted by molar-refractivity contribution is -0.158. The second-order valence-electron chi connectivity index (χ2n) is 9.52. The van der Waals surface area contributed by atoms with Gasteiger partial charge >= 0.3 is 31.7 Å². The second-order valence-corrected chi connectivity index (χ2v) is 20.3. The van der Waals surface area contributed by atoms with Gasteiger partial charge in [0.25, 0.3) is 0 Å². The Morgan fingerprint density at radius 1 is 1.10 bits per heavy atom. The molecule has 2 fully saturated rings. The Morgan fingerprint density at radius 2 is 1.70 bits per heavy atom. The van der Waals surface area contributed by atoms with Crippen molar-refractivity contribution in [1.29, 1.82) is 0 Å². The van der Waals surface area contributed by atoms with E-state index in [9.17, 15) is 14.7 Å². The fourth-order valence-corrected chi connectivity index (χ4v) is 20.8. The molecule has 2 rings (SSSR count). The number of amides is 1. The highest BCUT2D eigenvalue weighted by atomic mass is 28.5. The second kappa shape index (κ2) is 9.76. The van der Waals surface area contributed by atoms with E-state index >= 15 is 0 Å². The number of carbonyl (C=O) groups excluding carboxylic acids is 2. The van der Waals surface area contributed by atoms with E-state index in [4.69, 9.17) is 17.1 Å². The third-order valence-corrected chi connectivity index (χ3v) is 17.9. The Labute approximate surface area is 183 Å². The quantitative estimate of drug-likeness (QED) is 0.331. The predicted octanol–water partition coefficient (Wildman–Crippen LogP) is 2.68. The zero-order valence-corrected chi connectivity index (χ0v) is 22.1. The van der Waals surface area contributed by atoms with E-state index < -0.39 is 43.9 Å². The number of ether oxygens (including phenoxy) is 1. The monoisotopic (exact) mass is 475 g/mol. The molecule has 1 aliphatic heterocycles. The van der Waals surface area contributed by atoms with Crippen molar-refractivity contribution in [2.24, 2.45) is 5.92 Å². The van der Waals surface area contributed by atoms with Gasteiger partial charge in [-0.1, -0.05) is 6.58 Å². The van der Waals surface area contributed by atoms with Gasteiger partial charge in [-0.3, -0.25) is 9.59 Å². The molecule has 0 aromatic heterocycles. The number of aliphatic hydroxyl groups is 1. The van der Waals surface area contributed by atoms with E-state index in [-0.39, 0.29) is 12.5 Å².